The Morgan fingerprint density at radius 3 is 2.31 bits per heavy atom. The highest BCUT2D eigenvalue weighted by atomic mass is 16.6. The molecule has 2 rings (SSSR count). The fourth-order valence-electron chi connectivity index (χ4n) is 3.67. The van der Waals surface area contributed by atoms with Crippen molar-refractivity contribution in [3.05, 3.63) is 35.9 Å². The van der Waals surface area contributed by atoms with Gasteiger partial charge in [0.25, 0.3) is 0 Å². The molecule has 9 heteroatoms. The van der Waals surface area contributed by atoms with Gasteiger partial charge < -0.3 is 19.1 Å². The second-order valence-corrected chi connectivity index (χ2v) is 9.59. The van der Waals surface area contributed by atoms with E-state index in [2.05, 4.69) is 0 Å². The van der Waals surface area contributed by atoms with Crippen LogP contribution in [0, 0.1) is 0 Å². The van der Waals surface area contributed by atoms with Gasteiger partial charge in [-0.2, -0.15) is 0 Å². The number of carbonyl (C=O) groups excluding carboxylic acids is 4. The fourth-order valence-corrected chi connectivity index (χ4v) is 3.67. The van der Waals surface area contributed by atoms with Crippen molar-refractivity contribution < 1.29 is 33.4 Å². The molecule has 0 N–H and O–H groups in total. The molecule has 9 nitrogen and oxygen atoms in total. The molecule has 1 aromatic carbocycles. The lowest BCUT2D eigenvalue weighted by Gasteiger charge is -2.40. The van der Waals surface area contributed by atoms with Gasteiger partial charge in [-0.15, -0.1) is 0 Å². The van der Waals surface area contributed by atoms with Gasteiger partial charge in [-0.25, -0.2) is 0 Å². The minimum Gasteiger partial charge on any atom is -0.464 e. The first-order valence-corrected chi connectivity index (χ1v) is 12.2. The van der Waals surface area contributed by atoms with Crippen LogP contribution in [0.4, 0.5) is 0 Å². The molecule has 0 spiro atoms. The van der Waals surface area contributed by atoms with Gasteiger partial charge in [0.15, 0.2) is 0 Å². The van der Waals surface area contributed by atoms with E-state index in [0.717, 1.165) is 5.56 Å². The second-order valence-electron chi connectivity index (χ2n) is 9.59. The molecule has 35 heavy (non-hydrogen) atoms. The first-order chi connectivity index (χ1) is 16.6. The number of amides is 1. The zero-order valence-electron chi connectivity index (χ0n) is 21.3. The Kier molecular flexibility index (Phi) is 11.2. The smallest absolute Gasteiger partial charge is 0.320 e. The molecule has 1 heterocycles. The van der Waals surface area contributed by atoms with Gasteiger partial charge in [0.1, 0.15) is 18.8 Å². The third-order valence-electron chi connectivity index (χ3n) is 5.45. The lowest BCUT2D eigenvalue weighted by atomic mass is 10.1. The maximum Gasteiger partial charge on any atom is 0.320 e. The number of piperazine rings is 1. The van der Waals surface area contributed by atoms with Crippen molar-refractivity contribution in [2.24, 2.45) is 0 Å². The molecule has 1 aliphatic rings. The molecule has 1 saturated heterocycles. The lowest BCUT2D eigenvalue weighted by Crippen LogP contribution is -2.57. The third-order valence-corrected chi connectivity index (χ3v) is 5.45. The summed E-state index contributed by atoms with van der Waals surface area (Å²) in [6.07, 6.45) is 1.02. The number of rotatable bonds is 11. The summed E-state index contributed by atoms with van der Waals surface area (Å²) >= 11 is 0. The first-order valence-electron chi connectivity index (χ1n) is 12.2. The van der Waals surface area contributed by atoms with Gasteiger partial charge in [-0.3, -0.25) is 24.1 Å². The van der Waals surface area contributed by atoms with E-state index < -0.39 is 5.60 Å². The second kappa shape index (κ2) is 13.8. The molecule has 0 aromatic heterocycles. The maximum absolute atomic E-state index is 12.8. The lowest BCUT2D eigenvalue weighted by molar-refractivity contribution is -0.158. The van der Waals surface area contributed by atoms with E-state index in [-0.39, 0.29) is 68.9 Å². The Labute approximate surface area is 207 Å². The highest BCUT2D eigenvalue weighted by Gasteiger charge is 2.32. The Morgan fingerprint density at radius 2 is 1.66 bits per heavy atom. The molecule has 0 bridgehead atoms. The SMILES string of the molecule is CCC(=O)OCC1CN(C(=O)CCCC(=O)OCc2ccccc2)CCN1CC(=O)OC(C)(C)C. The Hall–Kier alpha value is -2.94. The van der Waals surface area contributed by atoms with Gasteiger partial charge in [-0.05, 0) is 32.8 Å². The predicted octanol–water partition coefficient (Wildman–Crippen LogP) is 2.71. The minimum absolute atomic E-state index is 0.0564. The standard InChI is InChI=1S/C26H38N2O7/c1-5-23(30)34-19-21-16-28(15-14-27(21)17-25(32)35-26(2,3)4)22(29)12-9-13-24(31)33-18-20-10-7-6-8-11-20/h6-8,10-11,21H,5,9,12-19H2,1-4H3. The molecule has 1 aliphatic heterocycles. The average molecular weight is 491 g/mol. The highest BCUT2D eigenvalue weighted by Crippen LogP contribution is 2.15. The summed E-state index contributed by atoms with van der Waals surface area (Å²) in [6, 6.07) is 9.11. The molecular weight excluding hydrogens is 452 g/mol. The monoisotopic (exact) mass is 490 g/mol. The zero-order chi connectivity index (χ0) is 25.8. The maximum atomic E-state index is 12.8. The summed E-state index contributed by atoms with van der Waals surface area (Å²) in [5.41, 5.74) is 0.317. The minimum atomic E-state index is -0.596. The summed E-state index contributed by atoms with van der Waals surface area (Å²) in [4.78, 5) is 52.4. The van der Waals surface area contributed by atoms with Crippen molar-refractivity contribution in [3.63, 3.8) is 0 Å². The molecule has 0 radical (unpaired) electrons. The predicted molar refractivity (Wildman–Crippen MR) is 129 cm³/mol. The van der Waals surface area contributed by atoms with E-state index in [9.17, 15) is 19.2 Å². The number of nitrogens with zero attached hydrogens (tertiary/aromatic N) is 2. The van der Waals surface area contributed by atoms with Crippen LogP contribution >= 0.6 is 0 Å². The number of hydrogen-bond donors (Lipinski definition) is 0. The number of carbonyl (C=O) groups is 4. The van der Waals surface area contributed by atoms with E-state index in [4.69, 9.17) is 14.2 Å². The van der Waals surface area contributed by atoms with Crippen molar-refractivity contribution >= 4 is 23.8 Å². The van der Waals surface area contributed by atoms with E-state index >= 15 is 0 Å². The summed E-state index contributed by atoms with van der Waals surface area (Å²) in [5.74, 6) is -1.12. The number of ether oxygens (including phenoxy) is 3. The number of esters is 3. The van der Waals surface area contributed by atoms with Crippen LogP contribution in [0.1, 0.15) is 58.9 Å². The number of benzene rings is 1. The van der Waals surface area contributed by atoms with Crippen LogP contribution in [0.3, 0.4) is 0 Å². The van der Waals surface area contributed by atoms with Crippen LogP contribution in [-0.2, 0) is 40.0 Å². The average Bonchev–Trinajstić information content (AvgIpc) is 2.81. The number of hydrogen-bond acceptors (Lipinski definition) is 8. The van der Waals surface area contributed by atoms with E-state index in [0.29, 0.717) is 26.1 Å². The molecule has 1 fully saturated rings. The van der Waals surface area contributed by atoms with Gasteiger partial charge in [0.2, 0.25) is 5.91 Å². The topological polar surface area (TPSA) is 102 Å². The molecule has 1 aromatic rings. The van der Waals surface area contributed by atoms with Gasteiger partial charge >= 0.3 is 17.9 Å². The van der Waals surface area contributed by atoms with Crippen molar-refractivity contribution in [1.82, 2.24) is 9.80 Å². The summed E-state index contributed by atoms with van der Waals surface area (Å²) < 4.78 is 16.0. The molecule has 1 atom stereocenters. The van der Waals surface area contributed by atoms with Crippen LogP contribution in [-0.4, -0.2) is 78.0 Å². The van der Waals surface area contributed by atoms with E-state index in [1.165, 1.54) is 0 Å². The molecule has 194 valence electrons. The summed E-state index contributed by atoms with van der Waals surface area (Å²) in [5, 5.41) is 0. The van der Waals surface area contributed by atoms with E-state index in [1.807, 2.05) is 35.2 Å². The van der Waals surface area contributed by atoms with Gasteiger partial charge in [0.05, 0.1) is 12.6 Å². The normalized spacial score (nSPS) is 16.5. The molecule has 1 unspecified atom stereocenters. The Morgan fingerprint density at radius 1 is 0.943 bits per heavy atom. The van der Waals surface area contributed by atoms with Crippen molar-refractivity contribution in [2.75, 3.05) is 32.8 Å². The van der Waals surface area contributed by atoms with E-state index in [1.54, 1.807) is 32.6 Å². The van der Waals surface area contributed by atoms with Crippen LogP contribution in [0.15, 0.2) is 30.3 Å². The third kappa shape index (κ3) is 10.9. The van der Waals surface area contributed by atoms with Crippen molar-refractivity contribution in [1.29, 1.82) is 0 Å². The molecule has 1 amide bonds. The van der Waals surface area contributed by atoms with Crippen molar-refractivity contribution in [2.45, 2.75) is 71.6 Å². The van der Waals surface area contributed by atoms with Gasteiger partial charge in [-0.1, -0.05) is 37.3 Å². The van der Waals surface area contributed by atoms with Gasteiger partial charge in [0, 0.05) is 38.9 Å². The molecular formula is C26H38N2O7. The largest absolute Gasteiger partial charge is 0.464 e. The highest BCUT2D eigenvalue weighted by molar-refractivity contribution is 5.77. The Balaban J connectivity index is 1.82. The zero-order valence-corrected chi connectivity index (χ0v) is 21.3. The first kappa shape index (κ1) is 28.3. The molecule has 0 saturated carbocycles. The van der Waals surface area contributed by atoms with Crippen molar-refractivity contribution in [3.8, 4) is 0 Å². The van der Waals surface area contributed by atoms with Crippen LogP contribution < -0.4 is 0 Å². The fraction of sp³-hybridized carbons (Fsp3) is 0.615. The van der Waals surface area contributed by atoms with Crippen LogP contribution in [0.5, 0.6) is 0 Å². The summed E-state index contributed by atoms with van der Waals surface area (Å²) in [7, 11) is 0. The van der Waals surface area contributed by atoms with Crippen LogP contribution in [0.25, 0.3) is 0 Å². The Bertz CT molecular complexity index is 851. The van der Waals surface area contributed by atoms with Crippen LogP contribution in [0.2, 0.25) is 0 Å². The molecule has 0 aliphatic carbocycles. The summed E-state index contributed by atoms with van der Waals surface area (Å²) in [6.45, 7) is 8.71. The quantitative estimate of drug-likeness (QED) is 0.345.